The minimum atomic E-state index is -3.22. The molecule has 0 spiro atoms. The number of aliphatic hydroxyl groups is 1. The van der Waals surface area contributed by atoms with Crippen molar-refractivity contribution in [1.29, 1.82) is 0 Å². The zero-order valence-electron chi connectivity index (χ0n) is 14.9. The van der Waals surface area contributed by atoms with Crippen molar-refractivity contribution in [1.82, 2.24) is 9.62 Å². The Morgan fingerprint density at radius 2 is 1.92 bits per heavy atom. The summed E-state index contributed by atoms with van der Waals surface area (Å²) < 4.78 is 25.7. The first kappa shape index (κ1) is 18.6. The van der Waals surface area contributed by atoms with Crippen LogP contribution in [0.5, 0.6) is 0 Å². The molecule has 1 saturated heterocycles. The minimum Gasteiger partial charge on any atom is -0.395 e. The summed E-state index contributed by atoms with van der Waals surface area (Å²) in [6.45, 7) is 3.44. The number of rotatable bonds is 8. The normalized spacial score (nSPS) is 27.6. The number of nitrogens with zero attached hydrogens (tertiary/aromatic N) is 1. The topological polar surface area (TPSA) is 69.6 Å². The first-order valence-corrected chi connectivity index (χ1v) is 10.9. The number of nitrogens with one attached hydrogen (secondary N) is 1. The third-order valence-electron chi connectivity index (χ3n) is 5.27. The Morgan fingerprint density at radius 1 is 1.24 bits per heavy atom. The van der Waals surface area contributed by atoms with Crippen molar-refractivity contribution in [3.05, 3.63) is 41.5 Å². The van der Waals surface area contributed by atoms with E-state index in [-0.39, 0.29) is 24.6 Å². The Morgan fingerprint density at radius 3 is 2.44 bits per heavy atom. The molecule has 0 amide bonds. The molecule has 0 unspecified atom stereocenters. The first-order chi connectivity index (χ1) is 11.9. The molecule has 6 heteroatoms. The molecule has 1 aliphatic heterocycles. The van der Waals surface area contributed by atoms with Crippen LogP contribution in [0.3, 0.4) is 0 Å². The minimum absolute atomic E-state index is 0.0690. The number of likely N-dealkylation sites (tertiary alicyclic amines) is 1. The summed E-state index contributed by atoms with van der Waals surface area (Å²) in [5, 5.41) is 9.91. The van der Waals surface area contributed by atoms with Gasteiger partial charge in [0.15, 0.2) is 0 Å². The van der Waals surface area contributed by atoms with Gasteiger partial charge in [0.25, 0.3) is 0 Å². The van der Waals surface area contributed by atoms with Crippen LogP contribution in [-0.2, 0) is 10.0 Å². The molecule has 3 rings (SSSR count). The summed E-state index contributed by atoms with van der Waals surface area (Å²) in [5.74, 6) is 0.852. The monoisotopic (exact) mass is 364 g/mol. The van der Waals surface area contributed by atoms with Gasteiger partial charge in [-0.25, -0.2) is 13.1 Å². The van der Waals surface area contributed by atoms with E-state index >= 15 is 0 Å². The van der Waals surface area contributed by atoms with Gasteiger partial charge in [-0.2, -0.15) is 0 Å². The molecule has 25 heavy (non-hydrogen) atoms. The van der Waals surface area contributed by atoms with Gasteiger partial charge in [-0.15, -0.1) is 0 Å². The van der Waals surface area contributed by atoms with E-state index in [2.05, 4.69) is 40.0 Å². The van der Waals surface area contributed by atoms with Crippen LogP contribution in [0.25, 0.3) is 6.08 Å². The smallest absolute Gasteiger partial charge is 0.208 e. The molecule has 1 aromatic carbocycles. The quantitative estimate of drug-likeness (QED) is 0.738. The standard InChI is InChI=1S/C19H28N2O3S/c1-3-4-14-7-9-16(10-8-14)19-17(11-20-25(2,23)24)21(18(19)13-22)12-15-5-6-15/h3-4,7-10,15,17-20,22H,5-6,11-13H2,1-2H3/t17-,18+,19+/m1/s1. The Kier molecular flexibility index (Phi) is 5.63. The highest BCUT2D eigenvalue weighted by molar-refractivity contribution is 7.88. The molecule has 1 aromatic rings. The SMILES string of the molecule is CC=Cc1ccc([C@H]2[C@@H](CNS(C)(=O)=O)N(CC3CC3)[C@H]2CO)cc1. The van der Waals surface area contributed by atoms with E-state index < -0.39 is 10.0 Å². The van der Waals surface area contributed by atoms with Crippen molar-refractivity contribution in [2.75, 3.05) is 26.0 Å². The molecule has 1 heterocycles. The molecule has 5 nitrogen and oxygen atoms in total. The van der Waals surface area contributed by atoms with Crippen LogP contribution in [0.1, 0.15) is 36.8 Å². The van der Waals surface area contributed by atoms with E-state index in [9.17, 15) is 13.5 Å². The van der Waals surface area contributed by atoms with Crippen molar-refractivity contribution < 1.29 is 13.5 Å². The maximum atomic E-state index is 11.5. The Bertz CT molecular complexity index is 711. The van der Waals surface area contributed by atoms with Crippen LogP contribution in [0.4, 0.5) is 0 Å². The van der Waals surface area contributed by atoms with Crippen LogP contribution in [0.15, 0.2) is 30.3 Å². The maximum Gasteiger partial charge on any atom is 0.208 e. The van der Waals surface area contributed by atoms with Gasteiger partial charge >= 0.3 is 0 Å². The highest BCUT2D eigenvalue weighted by Gasteiger charge is 2.49. The maximum absolute atomic E-state index is 11.5. The van der Waals surface area contributed by atoms with E-state index in [1.54, 1.807) is 0 Å². The van der Waals surface area contributed by atoms with Gasteiger partial charge in [-0.3, -0.25) is 4.90 Å². The molecular weight excluding hydrogens is 336 g/mol. The zero-order valence-corrected chi connectivity index (χ0v) is 15.7. The third-order valence-corrected chi connectivity index (χ3v) is 5.96. The van der Waals surface area contributed by atoms with Gasteiger partial charge < -0.3 is 5.11 Å². The molecule has 1 saturated carbocycles. The highest BCUT2D eigenvalue weighted by Crippen LogP contribution is 2.43. The summed E-state index contributed by atoms with van der Waals surface area (Å²) in [6.07, 6.45) is 7.73. The summed E-state index contributed by atoms with van der Waals surface area (Å²) in [7, 11) is -3.22. The van der Waals surface area contributed by atoms with Gasteiger partial charge in [0.05, 0.1) is 12.9 Å². The number of hydrogen-bond acceptors (Lipinski definition) is 4. The van der Waals surface area contributed by atoms with Crippen molar-refractivity contribution in [3.8, 4) is 0 Å². The average Bonchev–Trinajstić information content (AvgIpc) is 3.36. The van der Waals surface area contributed by atoms with Gasteiger partial charge in [0, 0.05) is 31.1 Å². The summed E-state index contributed by atoms with van der Waals surface area (Å²) >= 11 is 0. The number of allylic oxidation sites excluding steroid dienone is 1. The molecule has 3 atom stereocenters. The number of sulfonamides is 1. The molecule has 1 aliphatic carbocycles. The molecule has 2 aliphatic rings. The van der Waals surface area contributed by atoms with E-state index in [1.807, 2.05) is 13.0 Å². The second-order valence-corrected chi connectivity index (χ2v) is 9.10. The zero-order chi connectivity index (χ0) is 18.0. The molecular formula is C19H28N2O3S. The average molecular weight is 365 g/mol. The lowest BCUT2D eigenvalue weighted by Crippen LogP contribution is -2.67. The lowest BCUT2D eigenvalue weighted by atomic mass is 9.75. The Hall–Kier alpha value is -1.21. The van der Waals surface area contributed by atoms with Gasteiger partial charge in [-0.05, 0) is 36.8 Å². The van der Waals surface area contributed by atoms with Crippen molar-refractivity contribution in [2.24, 2.45) is 5.92 Å². The molecule has 2 fully saturated rings. The van der Waals surface area contributed by atoms with Crippen molar-refractivity contribution in [3.63, 3.8) is 0 Å². The van der Waals surface area contributed by atoms with Crippen LogP contribution >= 0.6 is 0 Å². The van der Waals surface area contributed by atoms with Gasteiger partial charge in [0.1, 0.15) is 0 Å². The van der Waals surface area contributed by atoms with E-state index in [0.29, 0.717) is 12.5 Å². The third kappa shape index (κ3) is 4.50. The second-order valence-electron chi connectivity index (χ2n) is 7.27. The second kappa shape index (κ2) is 7.58. The lowest BCUT2D eigenvalue weighted by molar-refractivity contribution is -0.0432. The predicted octanol–water partition coefficient (Wildman–Crippen LogP) is 1.81. The fraction of sp³-hybridized carbons (Fsp3) is 0.579. The predicted molar refractivity (Wildman–Crippen MR) is 101 cm³/mol. The van der Waals surface area contributed by atoms with Crippen LogP contribution in [0, 0.1) is 5.92 Å². The van der Waals surface area contributed by atoms with Gasteiger partial charge in [-0.1, -0.05) is 36.4 Å². The number of aliphatic hydroxyl groups excluding tert-OH is 1. The van der Waals surface area contributed by atoms with Crippen molar-refractivity contribution in [2.45, 2.75) is 37.8 Å². The first-order valence-electron chi connectivity index (χ1n) is 8.97. The highest BCUT2D eigenvalue weighted by atomic mass is 32.2. The molecule has 0 aromatic heterocycles. The van der Waals surface area contributed by atoms with Crippen LogP contribution in [-0.4, -0.2) is 56.5 Å². The largest absolute Gasteiger partial charge is 0.395 e. The number of benzene rings is 1. The van der Waals surface area contributed by atoms with E-state index in [1.165, 1.54) is 24.7 Å². The Balaban J connectivity index is 1.79. The lowest BCUT2D eigenvalue weighted by Gasteiger charge is -2.55. The fourth-order valence-corrected chi connectivity index (χ4v) is 4.32. The summed E-state index contributed by atoms with van der Waals surface area (Å²) in [5.41, 5.74) is 2.31. The Labute approximate surface area is 150 Å². The molecule has 0 radical (unpaired) electrons. The molecule has 138 valence electrons. The fourth-order valence-electron chi connectivity index (χ4n) is 3.85. The van der Waals surface area contributed by atoms with Crippen LogP contribution < -0.4 is 4.72 Å². The summed E-state index contributed by atoms with van der Waals surface area (Å²) in [6, 6.07) is 8.53. The molecule has 2 N–H and O–H groups in total. The summed E-state index contributed by atoms with van der Waals surface area (Å²) in [4.78, 5) is 2.29. The van der Waals surface area contributed by atoms with Crippen molar-refractivity contribution >= 4 is 16.1 Å². The van der Waals surface area contributed by atoms with Crippen LogP contribution in [0.2, 0.25) is 0 Å². The van der Waals surface area contributed by atoms with E-state index in [4.69, 9.17) is 0 Å². The molecule has 0 bridgehead atoms. The van der Waals surface area contributed by atoms with E-state index in [0.717, 1.165) is 12.1 Å². The number of hydrogen-bond donors (Lipinski definition) is 2. The van der Waals surface area contributed by atoms with Gasteiger partial charge in [0.2, 0.25) is 10.0 Å².